The number of pyridine rings is 5. The molecule has 10 aromatic heterocycles. The zero-order valence-electron chi connectivity index (χ0n) is 78.9. The SMILES string of the molecule is C.C.C=CC(=C)N1CC(Cc2cc3c(Nc4ccc(Cl)c(Cl)c4)ncnc3cn2)C1.C=CC(=C)N1CC(Oc2cc3c(Nc4c(Cl)cc(Cl)cc4Cl)ncnc3cn2)C1.C=CC(=C)N1CC(Oc2cc3c(Nc4cccc(CO)c4)ncnc3cn2)C1.C=CC(=C)N1CCC(Oc2cc3c(Nc4ccc(Br)c(Cl)c4)ncnc3cn2)CC1.C=CC(=C)N1CCC(Oc2cc3c(Nc4cccc(CO)c4)ncnc3cn2)CC1. The number of fused-ring (bicyclic) bond motifs is 5. The second-order valence-electron chi connectivity index (χ2n) is 34.2. The molecule has 5 aromatic carbocycles. The van der Waals surface area contributed by atoms with Gasteiger partial charge in [-0.2, -0.15) is 0 Å². The summed E-state index contributed by atoms with van der Waals surface area (Å²) in [5.74, 6) is 5.93. The van der Waals surface area contributed by atoms with Crippen LogP contribution in [0.1, 0.15) is 57.4 Å². The Kier molecular flexibility index (Phi) is 37.4. The zero-order valence-corrected chi connectivity index (χ0v) is 85.0. The average Bonchev–Trinajstić information content (AvgIpc) is 0.798. The van der Waals surface area contributed by atoms with Crippen molar-refractivity contribution in [2.75, 3.05) is 92.0 Å². The van der Waals surface area contributed by atoms with Gasteiger partial charge >= 0.3 is 0 Å². The number of ether oxygens (including phenoxy) is 4. The number of hydrogen-bond acceptors (Lipinski definition) is 31. The van der Waals surface area contributed by atoms with E-state index in [2.05, 4.69) is 214 Å². The van der Waals surface area contributed by atoms with E-state index in [-0.39, 0.29) is 52.5 Å². The van der Waals surface area contributed by atoms with Crippen LogP contribution in [0.3, 0.4) is 0 Å². The molecule has 0 saturated carbocycles. The number of aliphatic hydroxyl groups excluding tert-OH is 2. The minimum absolute atomic E-state index is 0. The number of benzene rings is 5. The van der Waals surface area contributed by atoms with E-state index in [0.717, 1.165) is 219 Å². The van der Waals surface area contributed by atoms with E-state index in [0.29, 0.717) is 99.9 Å². The van der Waals surface area contributed by atoms with E-state index < -0.39 is 0 Å². The Morgan fingerprint density at radius 1 is 0.340 bits per heavy atom. The Balaban J connectivity index is 0.000000145. The van der Waals surface area contributed by atoms with Crippen LogP contribution >= 0.6 is 85.5 Å². The Hall–Kier alpha value is -14.7. The molecule has 0 radical (unpaired) electrons. The molecule has 5 aliphatic rings. The number of anilines is 10. The summed E-state index contributed by atoms with van der Waals surface area (Å²) in [7, 11) is 0. The number of rotatable bonds is 32. The molecule has 147 heavy (non-hydrogen) atoms. The highest BCUT2D eigenvalue weighted by Gasteiger charge is 2.33. The Bertz CT molecular complexity index is 7350. The summed E-state index contributed by atoms with van der Waals surface area (Å²) >= 11 is 40.3. The molecule has 31 nitrogen and oxygen atoms in total. The van der Waals surface area contributed by atoms with Crippen LogP contribution in [0, 0.1) is 5.92 Å². The third kappa shape index (κ3) is 27.9. The second-order valence-corrected chi connectivity index (χ2v) is 37.5. The summed E-state index contributed by atoms with van der Waals surface area (Å²) in [5, 5.41) is 42.0. The van der Waals surface area contributed by atoms with Crippen molar-refractivity contribution in [3.05, 3.63) is 366 Å². The summed E-state index contributed by atoms with van der Waals surface area (Å²) in [5.41, 5.74) is 14.8. The molecule has 20 rings (SSSR count). The first-order valence-corrected chi connectivity index (χ1v) is 49.2. The lowest BCUT2D eigenvalue weighted by Crippen LogP contribution is -2.52. The first kappa shape index (κ1) is 108. The lowest BCUT2D eigenvalue weighted by molar-refractivity contribution is 0.0438. The van der Waals surface area contributed by atoms with Gasteiger partial charge in [-0.3, -0.25) is 4.98 Å². The highest BCUT2D eigenvalue weighted by molar-refractivity contribution is 9.10. The molecule has 5 fully saturated rings. The molecule has 0 spiro atoms. The van der Waals surface area contributed by atoms with Crippen molar-refractivity contribution >= 4 is 198 Å². The van der Waals surface area contributed by atoms with Gasteiger partial charge in [0.25, 0.3) is 0 Å². The van der Waals surface area contributed by atoms with E-state index in [1.807, 2.05) is 91.0 Å². The van der Waals surface area contributed by atoms with Gasteiger partial charge in [0.2, 0.25) is 23.5 Å². The lowest BCUT2D eigenvalue weighted by Gasteiger charge is -2.41. The van der Waals surface area contributed by atoms with Crippen molar-refractivity contribution in [3.63, 3.8) is 0 Å². The minimum Gasteiger partial charge on any atom is -0.474 e. The van der Waals surface area contributed by atoms with Gasteiger partial charge in [-0.25, -0.2) is 69.8 Å². The standard InChI is InChI=1S/C23H25N5O2.C22H21BrClN5O.C21H19Cl2N5.C21H21N5O2.C20H16Cl3N5O.2CH4/c1-3-16(2)28-9-7-19(8-10-28)30-22-12-20-21(13-24-22)25-15-26-23(20)27-18-6-4-5-17(11-18)14-29;1-3-14(2)29-8-6-16(7-9-29)30-21-11-17-20(12-25-21)26-13-27-22(17)28-15-4-5-18(23)19(24)10-15;1-3-13(2)28-10-14(11-28)6-16-7-17-20(9-24-16)25-12-26-21(17)27-15-4-5-18(22)19(23)8-15;1-3-14(2)26-10-17(11-26)28-20-8-18-19(9-22-20)23-13-24-21(18)25-16-6-4-5-15(7-16)12-27;1-3-11(2)28-8-13(9-28)29-18-6-14-17(7-24-18)25-10-26-20(14)27-19-15(22)4-12(21)5-16(19)23;;/h3-6,11-13,15,19,29H,1-2,7-10,14H2,(H,25,26,27);3-5,10-13,16H,1-2,6-9H2,(H,26,27,28);3-5,7-9,12,14H,1-2,6,10-11H2,(H,25,26,27);3-9,13,17,27H,1-2,10-12H2,(H,23,24,25);3-7,10,13H,1-2,8-9H2,(H,25,26,27);2*1H4. The van der Waals surface area contributed by atoms with Gasteiger partial charge in [0.1, 0.15) is 85.1 Å². The maximum atomic E-state index is 9.36. The summed E-state index contributed by atoms with van der Waals surface area (Å²) < 4.78 is 25.1. The smallest absolute Gasteiger partial charge is 0.214 e. The number of halogens is 7. The highest BCUT2D eigenvalue weighted by Crippen LogP contribution is 2.40. The molecule has 0 aliphatic carbocycles. The van der Waals surface area contributed by atoms with Crippen LogP contribution in [-0.4, -0.2) is 199 Å². The fourth-order valence-electron chi connectivity index (χ4n) is 16.2. The van der Waals surface area contributed by atoms with Crippen molar-refractivity contribution in [1.29, 1.82) is 0 Å². The van der Waals surface area contributed by atoms with Crippen LogP contribution in [0.15, 0.2) is 319 Å². The molecule has 756 valence electrons. The van der Waals surface area contributed by atoms with Gasteiger partial charge in [0.05, 0.1) is 129 Å². The first-order chi connectivity index (χ1) is 70.3. The number of allylic oxidation sites excluding steroid dienone is 5. The summed E-state index contributed by atoms with van der Waals surface area (Å²) in [6.45, 7) is 47.2. The largest absolute Gasteiger partial charge is 0.474 e. The quantitative estimate of drug-likeness (QED) is 0.0193. The maximum absolute atomic E-state index is 9.36. The minimum atomic E-state index is -0.0152. The Labute approximate surface area is 891 Å². The zero-order chi connectivity index (χ0) is 102. The normalized spacial score (nSPS) is 14.0. The third-order valence-corrected chi connectivity index (χ3v) is 27.1. The number of nitrogens with one attached hydrogen (secondary N) is 5. The van der Waals surface area contributed by atoms with E-state index in [1.165, 1.54) is 31.6 Å². The second kappa shape index (κ2) is 50.9. The third-order valence-electron chi connectivity index (χ3n) is 24.3. The van der Waals surface area contributed by atoms with Gasteiger partial charge in [0, 0.05) is 183 Å². The van der Waals surface area contributed by atoms with Crippen LogP contribution in [-0.2, 0) is 19.6 Å². The molecular weight excluding hydrogens is 2050 g/mol. The van der Waals surface area contributed by atoms with Gasteiger partial charge in [-0.1, -0.05) is 175 Å². The monoisotopic (exact) mass is 2150 g/mol. The molecule has 0 bridgehead atoms. The van der Waals surface area contributed by atoms with Crippen molar-refractivity contribution in [1.82, 2.24) is 99.3 Å². The predicted molar refractivity (Wildman–Crippen MR) is 596 cm³/mol. The Morgan fingerprint density at radius 2 is 0.660 bits per heavy atom. The number of likely N-dealkylation sites (tertiary alicyclic amines) is 5. The predicted octanol–water partition coefficient (Wildman–Crippen LogP) is 24.6. The number of aliphatic hydroxyl groups is 2. The number of nitrogens with zero attached hydrogens (tertiary/aromatic N) is 20. The maximum Gasteiger partial charge on any atom is 0.214 e. The lowest BCUT2D eigenvalue weighted by atomic mass is 9.93. The van der Waals surface area contributed by atoms with E-state index in [4.69, 9.17) is 88.6 Å². The molecule has 0 atom stereocenters. The molecule has 5 aliphatic heterocycles. The molecule has 5 saturated heterocycles. The summed E-state index contributed by atoms with van der Waals surface area (Å²) in [4.78, 5) is 76.3. The first-order valence-electron chi connectivity index (χ1n) is 46.1. The van der Waals surface area contributed by atoms with Crippen molar-refractivity contribution in [3.8, 4) is 23.5 Å². The molecule has 0 unspecified atom stereocenters. The number of aromatic nitrogens is 15. The molecule has 0 amide bonds. The van der Waals surface area contributed by atoms with E-state index in [1.54, 1.807) is 91.7 Å². The van der Waals surface area contributed by atoms with Crippen LogP contribution in [0.2, 0.25) is 30.1 Å². The molecule has 7 N–H and O–H groups in total. The van der Waals surface area contributed by atoms with Crippen molar-refractivity contribution in [2.24, 2.45) is 5.92 Å². The van der Waals surface area contributed by atoms with Gasteiger partial charge < -0.3 is 80.2 Å². The summed E-state index contributed by atoms with van der Waals surface area (Å²) in [6.07, 6.45) is 29.6. The molecule has 15 aromatic rings. The van der Waals surface area contributed by atoms with E-state index >= 15 is 0 Å². The highest BCUT2D eigenvalue weighted by atomic mass is 79.9. The van der Waals surface area contributed by atoms with Gasteiger partial charge in [-0.15, -0.1) is 0 Å². The van der Waals surface area contributed by atoms with Crippen LogP contribution in [0.25, 0.3) is 54.5 Å². The van der Waals surface area contributed by atoms with Crippen molar-refractivity contribution < 1.29 is 29.2 Å². The molecular formula is C109H110BrCl6N25O6. The number of piperidine rings is 2. The Morgan fingerprint density at radius 3 is 1.01 bits per heavy atom. The topological polar surface area (TPSA) is 347 Å². The number of hydrogen-bond donors (Lipinski definition) is 7. The van der Waals surface area contributed by atoms with Crippen LogP contribution < -0.4 is 45.5 Å². The fraction of sp³-hybridized carbons (Fsp3) is 0.220. The summed E-state index contributed by atoms with van der Waals surface area (Å²) in [6, 6.07) is 38.8. The fourth-order valence-corrected chi connectivity index (χ4v) is 17.8. The molecule has 15 heterocycles. The van der Waals surface area contributed by atoms with Gasteiger partial charge in [-0.05, 0) is 149 Å². The van der Waals surface area contributed by atoms with E-state index in [9.17, 15) is 10.2 Å². The van der Waals surface area contributed by atoms with Gasteiger partial charge in [0.15, 0.2) is 0 Å². The van der Waals surface area contributed by atoms with Crippen molar-refractivity contribution in [2.45, 2.75) is 84.6 Å². The average molecular weight is 2160 g/mol. The van der Waals surface area contributed by atoms with Crippen LogP contribution in [0.4, 0.5) is 57.5 Å². The van der Waals surface area contributed by atoms with Crippen LogP contribution in [0.5, 0.6) is 23.5 Å². The molecule has 38 heteroatoms.